The lowest BCUT2D eigenvalue weighted by Gasteiger charge is -2.12. The smallest absolute Gasteiger partial charge is 0.343 e. The highest BCUT2D eigenvalue weighted by atomic mass is 16.2. The third kappa shape index (κ3) is 2.06. The van der Waals surface area contributed by atoms with Gasteiger partial charge < -0.3 is 9.88 Å². The van der Waals surface area contributed by atoms with Gasteiger partial charge in [0.1, 0.15) is 5.69 Å². The van der Waals surface area contributed by atoms with Crippen LogP contribution >= 0.6 is 0 Å². The van der Waals surface area contributed by atoms with Crippen LogP contribution in [0.3, 0.4) is 0 Å². The van der Waals surface area contributed by atoms with E-state index in [2.05, 4.69) is 15.5 Å². The molecule has 0 fully saturated rings. The predicted octanol–water partition coefficient (Wildman–Crippen LogP) is -0.0621. The summed E-state index contributed by atoms with van der Waals surface area (Å²) in [6, 6.07) is 3.17. The molecule has 0 bridgehead atoms. The van der Waals surface area contributed by atoms with Crippen LogP contribution in [0.4, 0.5) is 0 Å². The lowest BCUT2D eigenvalue weighted by molar-refractivity contribution is 0.0929. The van der Waals surface area contributed by atoms with Gasteiger partial charge in [0.25, 0.3) is 5.91 Å². The summed E-state index contributed by atoms with van der Waals surface area (Å²) in [5.41, 5.74) is 0.257. The minimum absolute atomic E-state index is 0.203. The van der Waals surface area contributed by atoms with Gasteiger partial charge in [0.15, 0.2) is 5.82 Å². The van der Waals surface area contributed by atoms with E-state index in [0.717, 1.165) is 0 Å². The Balaban J connectivity index is 2.15. The molecule has 7 heteroatoms. The van der Waals surface area contributed by atoms with Crippen molar-refractivity contribution in [1.82, 2.24) is 24.6 Å². The van der Waals surface area contributed by atoms with E-state index in [1.165, 1.54) is 4.57 Å². The summed E-state index contributed by atoms with van der Waals surface area (Å²) in [5, 5.41) is 9.01. The zero-order valence-corrected chi connectivity index (χ0v) is 10.5. The fourth-order valence-electron chi connectivity index (χ4n) is 1.78. The molecule has 1 unspecified atom stereocenters. The van der Waals surface area contributed by atoms with Gasteiger partial charge in [-0.1, -0.05) is 0 Å². The van der Waals surface area contributed by atoms with Gasteiger partial charge in [-0.25, -0.2) is 9.89 Å². The van der Waals surface area contributed by atoms with Gasteiger partial charge in [0.05, 0.1) is 6.04 Å². The molecule has 96 valence electrons. The number of carbonyl (C=O) groups excluding carboxylic acids is 1. The number of hydrogen-bond acceptors (Lipinski definition) is 3. The second-order valence-corrected chi connectivity index (χ2v) is 4.15. The van der Waals surface area contributed by atoms with E-state index in [1.807, 2.05) is 0 Å². The summed E-state index contributed by atoms with van der Waals surface area (Å²) in [6.45, 7) is 1.77. The zero-order chi connectivity index (χ0) is 13.3. The van der Waals surface area contributed by atoms with Crippen molar-refractivity contribution in [3.8, 4) is 0 Å². The predicted molar refractivity (Wildman–Crippen MR) is 65.1 cm³/mol. The van der Waals surface area contributed by atoms with Crippen molar-refractivity contribution in [2.45, 2.75) is 13.0 Å². The van der Waals surface area contributed by atoms with Crippen LogP contribution < -0.4 is 11.0 Å². The SMILES string of the molecule is CC(NC(=O)c1cccn1C)c1n[nH]c(=O)n1C. The van der Waals surface area contributed by atoms with Gasteiger partial charge >= 0.3 is 5.69 Å². The summed E-state index contributed by atoms with van der Waals surface area (Å²) in [5.74, 6) is 0.285. The van der Waals surface area contributed by atoms with Crippen molar-refractivity contribution >= 4 is 5.91 Å². The number of nitrogens with one attached hydrogen (secondary N) is 2. The number of rotatable bonds is 3. The monoisotopic (exact) mass is 249 g/mol. The maximum Gasteiger partial charge on any atom is 0.343 e. The third-order valence-corrected chi connectivity index (χ3v) is 2.83. The van der Waals surface area contributed by atoms with Crippen LogP contribution in [0.15, 0.2) is 23.1 Å². The van der Waals surface area contributed by atoms with Gasteiger partial charge in [-0.2, -0.15) is 5.10 Å². The van der Waals surface area contributed by atoms with Crippen LogP contribution in [0, 0.1) is 0 Å². The van der Waals surface area contributed by atoms with Gasteiger partial charge in [-0.05, 0) is 19.1 Å². The number of amides is 1. The van der Waals surface area contributed by atoms with Crippen LogP contribution in [-0.4, -0.2) is 25.2 Å². The molecule has 18 heavy (non-hydrogen) atoms. The van der Waals surface area contributed by atoms with E-state index in [1.54, 1.807) is 43.9 Å². The van der Waals surface area contributed by atoms with Crippen molar-refractivity contribution in [1.29, 1.82) is 0 Å². The Morgan fingerprint density at radius 2 is 2.22 bits per heavy atom. The molecular weight excluding hydrogens is 234 g/mol. The number of aromatic amines is 1. The molecular formula is C11H15N5O2. The van der Waals surface area contributed by atoms with E-state index < -0.39 is 0 Å². The minimum atomic E-state index is -0.351. The van der Waals surface area contributed by atoms with E-state index in [0.29, 0.717) is 11.5 Å². The average molecular weight is 249 g/mol. The molecule has 2 N–H and O–H groups in total. The first kappa shape index (κ1) is 12.2. The average Bonchev–Trinajstić information content (AvgIpc) is 2.87. The molecule has 0 spiro atoms. The number of carbonyl (C=O) groups is 1. The molecule has 0 aliphatic rings. The fourth-order valence-corrected chi connectivity index (χ4v) is 1.78. The van der Waals surface area contributed by atoms with Crippen molar-refractivity contribution < 1.29 is 4.79 Å². The molecule has 0 aliphatic heterocycles. The molecule has 1 amide bonds. The fraction of sp³-hybridized carbons (Fsp3) is 0.364. The number of hydrogen-bond donors (Lipinski definition) is 2. The van der Waals surface area contributed by atoms with Crippen molar-refractivity contribution in [2.75, 3.05) is 0 Å². The number of aromatic nitrogens is 4. The number of aryl methyl sites for hydroxylation is 1. The second kappa shape index (κ2) is 4.52. The summed E-state index contributed by atoms with van der Waals surface area (Å²) in [4.78, 5) is 23.2. The first-order valence-electron chi connectivity index (χ1n) is 5.54. The molecule has 0 aromatic carbocycles. The Kier molecular flexibility index (Phi) is 3.05. The Hall–Kier alpha value is -2.31. The maximum atomic E-state index is 12.0. The molecule has 0 radical (unpaired) electrons. The zero-order valence-electron chi connectivity index (χ0n) is 10.5. The van der Waals surface area contributed by atoms with Crippen LogP contribution in [0.5, 0.6) is 0 Å². The van der Waals surface area contributed by atoms with Crippen molar-refractivity contribution in [2.24, 2.45) is 14.1 Å². The maximum absolute atomic E-state index is 12.0. The quantitative estimate of drug-likeness (QED) is 0.799. The molecule has 2 aromatic heterocycles. The minimum Gasteiger partial charge on any atom is -0.347 e. The Labute approximate surface area is 103 Å². The van der Waals surface area contributed by atoms with Gasteiger partial charge in [-0.3, -0.25) is 9.36 Å². The van der Waals surface area contributed by atoms with Crippen LogP contribution in [0.2, 0.25) is 0 Å². The Morgan fingerprint density at radius 1 is 1.50 bits per heavy atom. The Bertz CT molecular complexity index is 621. The van der Waals surface area contributed by atoms with Crippen LogP contribution in [-0.2, 0) is 14.1 Å². The van der Waals surface area contributed by atoms with Crippen molar-refractivity contribution in [3.05, 3.63) is 40.3 Å². The standard InChI is InChI=1S/C11H15N5O2/c1-7(9-13-14-11(18)16(9)3)12-10(17)8-5-4-6-15(8)2/h4-7H,1-3H3,(H,12,17)(H,14,18). The molecule has 7 nitrogen and oxygen atoms in total. The first-order valence-corrected chi connectivity index (χ1v) is 5.54. The van der Waals surface area contributed by atoms with Gasteiger partial charge in [-0.15, -0.1) is 0 Å². The summed E-state index contributed by atoms with van der Waals surface area (Å²) >= 11 is 0. The lowest BCUT2D eigenvalue weighted by atomic mass is 10.3. The van der Waals surface area contributed by atoms with E-state index in [9.17, 15) is 9.59 Å². The molecule has 0 saturated heterocycles. The largest absolute Gasteiger partial charge is 0.347 e. The van der Waals surface area contributed by atoms with E-state index in [-0.39, 0.29) is 17.6 Å². The molecule has 2 heterocycles. The first-order chi connectivity index (χ1) is 8.50. The van der Waals surface area contributed by atoms with E-state index in [4.69, 9.17) is 0 Å². The topological polar surface area (TPSA) is 84.7 Å². The van der Waals surface area contributed by atoms with E-state index >= 15 is 0 Å². The van der Waals surface area contributed by atoms with Gasteiger partial charge in [0, 0.05) is 20.3 Å². The van der Waals surface area contributed by atoms with Crippen LogP contribution in [0.25, 0.3) is 0 Å². The third-order valence-electron chi connectivity index (χ3n) is 2.83. The van der Waals surface area contributed by atoms with Gasteiger partial charge in [0.2, 0.25) is 0 Å². The number of H-pyrrole nitrogens is 1. The Morgan fingerprint density at radius 3 is 2.72 bits per heavy atom. The highest BCUT2D eigenvalue weighted by molar-refractivity contribution is 5.92. The normalized spacial score (nSPS) is 12.4. The molecule has 2 rings (SSSR count). The summed E-state index contributed by atoms with van der Waals surface area (Å²) < 4.78 is 3.10. The highest BCUT2D eigenvalue weighted by Crippen LogP contribution is 2.08. The molecule has 1 atom stereocenters. The summed E-state index contributed by atoms with van der Waals surface area (Å²) in [6.07, 6.45) is 1.80. The number of nitrogens with zero attached hydrogens (tertiary/aromatic N) is 3. The highest BCUT2D eigenvalue weighted by Gasteiger charge is 2.17. The summed E-state index contributed by atoms with van der Waals surface area (Å²) in [7, 11) is 3.40. The second-order valence-electron chi connectivity index (χ2n) is 4.15. The molecule has 0 saturated carbocycles. The van der Waals surface area contributed by atoms with Crippen molar-refractivity contribution in [3.63, 3.8) is 0 Å². The molecule has 0 aliphatic carbocycles. The molecule has 2 aromatic rings. The van der Waals surface area contributed by atoms with Crippen LogP contribution in [0.1, 0.15) is 29.3 Å². The lowest BCUT2D eigenvalue weighted by Crippen LogP contribution is -2.30.